The predicted molar refractivity (Wildman–Crippen MR) is 71.1 cm³/mol. The molecule has 3 heteroatoms. The summed E-state index contributed by atoms with van der Waals surface area (Å²) in [5.74, 6) is 0. The molecule has 1 nitrogen and oxygen atoms in total. The second kappa shape index (κ2) is 6.04. The molecule has 1 aromatic carbocycles. The summed E-state index contributed by atoms with van der Waals surface area (Å²) >= 11 is 9.54. The van der Waals surface area contributed by atoms with Gasteiger partial charge in [-0.2, -0.15) is 0 Å². The van der Waals surface area contributed by atoms with E-state index in [1.165, 1.54) is 24.8 Å². The number of hydrogen-bond acceptors (Lipinski definition) is 1. The highest BCUT2D eigenvalue weighted by Gasteiger charge is 2.14. The molecule has 16 heavy (non-hydrogen) atoms. The predicted octanol–water partition coefficient (Wildman–Crippen LogP) is 4.60. The lowest BCUT2D eigenvalue weighted by Crippen LogP contribution is -2.19. The molecule has 88 valence electrons. The maximum Gasteiger partial charge on any atom is 0.0578 e. The van der Waals surface area contributed by atoms with Crippen molar-refractivity contribution in [1.82, 2.24) is 0 Å². The van der Waals surface area contributed by atoms with Gasteiger partial charge in [0, 0.05) is 16.1 Å². The van der Waals surface area contributed by atoms with Crippen LogP contribution < -0.4 is 0 Å². The van der Waals surface area contributed by atoms with E-state index in [1.54, 1.807) is 0 Å². The van der Waals surface area contributed by atoms with Crippen molar-refractivity contribution in [3.8, 4) is 0 Å². The van der Waals surface area contributed by atoms with E-state index in [0.29, 0.717) is 6.10 Å². The maximum atomic E-state index is 5.99. The normalized spacial score (nSPS) is 21.0. The quantitative estimate of drug-likeness (QED) is 0.792. The second-order valence-electron chi connectivity index (χ2n) is 4.26. The van der Waals surface area contributed by atoms with Crippen LogP contribution in [0.2, 0.25) is 5.02 Å². The van der Waals surface area contributed by atoms with Gasteiger partial charge in [0.25, 0.3) is 0 Å². The standard InChI is InChI=1S/C13H16BrClO/c14-13-7-5-11(15)9-10(13)4-6-12-3-1-2-8-16-12/h5,7,9,12H,1-4,6,8H2. The number of rotatable bonds is 3. The average molecular weight is 304 g/mol. The Hall–Kier alpha value is -0.0500. The van der Waals surface area contributed by atoms with Crippen molar-refractivity contribution in [3.05, 3.63) is 33.3 Å². The van der Waals surface area contributed by atoms with E-state index in [1.807, 2.05) is 18.2 Å². The zero-order chi connectivity index (χ0) is 11.4. The van der Waals surface area contributed by atoms with Crippen LogP contribution in [-0.2, 0) is 11.2 Å². The number of aryl methyl sites for hydroxylation is 1. The summed E-state index contributed by atoms with van der Waals surface area (Å²) in [5.41, 5.74) is 1.28. The monoisotopic (exact) mass is 302 g/mol. The summed E-state index contributed by atoms with van der Waals surface area (Å²) in [4.78, 5) is 0. The molecule has 1 aliphatic rings. The fourth-order valence-corrected chi connectivity index (χ4v) is 2.73. The summed E-state index contributed by atoms with van der Waals surface area (Å²) in [6.45, 7) is 0.932. The average Bonchev–Trinajstić information content (AvgIpc) is 2.32. The van der Waals surface area contributed by atoms with Crippen LogP contribution in [0.25, 0.3) is 0 Å². The summed E-state index contributed by atoms with van der Waals surface area (Å²) in [7, 11) is 0. The Bertz CT molecular complexity index is 348. The number of benzene rings is 1. The van der Waals surface area contributed by atoms with Gasteiger partial charge in [0.1, 0.15) is 0 Å². The first-order valence-corrected chi connectivity index (χ1v) is 6.98. The minimum absolute atomic E-state index is 0.444. The minimum Gasteiger partial charge on any atom is -0.378 e. The van der Waals surface area contributed by atoms with Crippen molar-refractivity contribution in [1.29, 1.82) is 0 Å². The third-order valence-electron chi connectivity index (χ3n) is 3.02. The van der Waals surface area contributed by atoms with E-state index in [9.17, 15) is 0 Å². The lowest BCUT2D eigenvalue weighted by molar-refractivity contribution is 0.0115. The molecular formula is C13H16BrClO. The molecule has 1 aromatic rings. The molecule has 1 atom stereocenters. The molecule has 0 saturated carbocycles. The van der Waals surface area contributed by atoms with Crippen LogP contribution in [-0.4, -0.2) is 12.7 Å². The van der Waals surface area contributed by atoms with Gasteiger partial charge >= 0.3 is 0 Å². The maximum absolute atomic E-state index is 5.99. The molecule has 1 fully saturated rings. The van der Waals surface area contributed by atoms with E-state index in [2.05, 4.69) is 15.9 Å². The number of halogens is 2. The van der Waals surface area contributed by atoms with Crippen LogP contribution in [0.5, 0.6) is 0 Å². The Labute approximate surface area is 110 Å². The first kappa shape index (κ1) is 12.4. The molecule has 1 unspecified atom stereocenters. The van der Waals surface area contributed by atoms with Crippen molar-refractivity contribution in [2.75, 3.05) is 6.61 Å². The molecule has 1 heterocycles. The van der Waals surface area contributed by atoms with Crippen LogP contribution in [0.15, 0.2) is 22.7 Å². The summed E-state index contributed by atoms with van der Waals surface area (Å²) in [6.07, 6.45) is 6.31. The van der Waals surface area contributed by atoms with Crippen molar-refractivity contribution >= 4 is 27.5 Å². The van der Waals surface area contributed by atoms with Gasteiger partial charge in [-0.25, -0.2) is 0 Å². The van der Waals surface area contributed by atoms with Crippen molar-refractivity contribution in [2.45, 2.75) is 38.2 Å². The molecular weight excluding hydrogens is 287 g/mol. The highest BCUT2D eigenvalue weighted by molar-refractivity contribution is 9.10. The summed E-state index contributed by atoms with van der Waals surface area (Å²) < 4.78 is 6.87. The molecule has 1 saturated heterocycles. The topological polar surface area (TPSA) is 9.23 Å². The van der Waals surface area contributed by atoms with E-state index in [0.717, 1.165) is 28.9 Å². The third kappa shape index (κ3) is 3.47. The van der Waals surface area contributed by atoms with Crippen LogP contribution in [0.3, 0.4) is 0 Å². The Morgan fingerprint density at radius 2 is 2.25 bits per heavy atom. The Balaban J connectivity index is 1.90. The lowest BCUT2D eigenvalue weighted by Gasteiger charge is -2.22. The number of ether oxygens (including phenoxy) is 1. The molecule has 0 N–H and O–H groups in total. The van der Waals surface area contributed by atoms with Crippen LogP contribution in [0.4, 0.5) is 0 Å². The van der Waals surface area contributed by atoms with Crippen LogP contribution in [0.1, 0.15) is 31.2 Å². The van der Waals surface area contributed by atoms with Gasteiger partial charge in [-0.15, -0.1) is 0 Å². The Morgan fingerprint density at radius 3 is 3.00 bits per heavy atom. The van der Waals surface area contributed by atoms with Gasteiger partial charge in [-0.1, -0.05) is 27.5 Å². The molecule has 1 aliphatic heterocycles. The van der Waals surface area contributed by atoms with E-state index in [4.69, 9.17) is 16.3 Å². The Morgan fingerprint density at radius 1 is 1.38 bits per heavy atom. The molecule has 2 rings (SSSR count). The van der Waals surface area contributed by atoms with Crippen LogP contribution >= 0.6 is 27.5 Å². The van der Waals surface area contributed by atoms with Gasteiger partial charge in [-0.05, 0) is 55.9 Å². The zero-order valence-corrected chi connectivity index (χ0v) is 11.6. The fourth-order valence-electron chi connectivity index (χ4n) is 2.09. The zero-order valence-electron chi connectivity index (χ0n) is 9.22. The molecule has 0 aromatic heterocycles. The van der Waals surface area contributed by atoms with Crippen LogP contribution in [0, 0.1) is 0 Å². The first-order chi connectivity index (χ1) is 7.75. The van der Waals surface area contributed by atoms with Gasteiger partial charge in [-0.3, -0.25) is 0 Å². The van der Waals surface area contributed by atoms with Crippen molar-refractivity contribution < 1.29 is 4.74 Å². The van der Waals surface area contributed by atoms with Gasteiger partial charge < -0.3 is 4.74 Å². The second-order valence-corrected chi connectivity index (χ2v) is 5.55. The smallest absolute Gasteiger partial charge is 0.0578 e. The minimum atomic E-state index is 0.444. The van der Waals surface area contributed by atoms with E-state index < -0.39 is 0 Å². The van der Waals surface area contributed by atoms with Gasteiger partial charge in [0.2, 0.25) is 0 Å². The van der Waals surface area contributed by atoms with Crippen molar-refractivity contribution in [2.24, 2.45) is 0 Å². The SMILES string of the molecule is Clc1ccc(Br)c(CCC2CCCCO2)c1. The molecule has 0 spiro atoms. The molecule has 0 radical (unpaired) electrons. The summed E-state index contributed by atoms with van der Waals surface area (Å²) in [6, 6.07) is 5.96. The molecule has 0 aliphatic carbocycles. The highest BCUT2D eigenvalue weighted by Crippen LogP contribution is 2.24. The highest BCUT2D eigenvalue weighted by atomic mass is 79.9. The van der Waals surface area contributed by atoms with Gasteiger partial charge in [0.15, 0.2) is 0 Å². The third-order valence-corrected chi connectivity index (χ3v) is 4.03. The summed E-state index contributed by atoms with van der Waals surface area (Å²) in [5, 5.41) is 0.808. The van der Waals surface area contributed by atoms with Crippen molar-refractivity contribution in [3.63, 3.8) is 0 Å². The van der Waals surface area contributed by atoms with E-state index >= 15 is 0 Å². The molecule has 0 amide bonds. The van der Waals surface area contributed by atoms with Gasteiger partial charge in [0.05, 0.1) is 6.10 Å². The first-order valence-electron chi connectivity index (χ1n) is 5.81. The van der Waals surface area contributed by atoms with E-state index in [-0.39, 0.29) is 0 Å². The molecule has 0 bridgehead atoms. The number of hydrogen-bond donors (Lipinski definition) is 0. The Kier molecular flexibility index (Phi) is 4.68. The fraction of sp³-hybridized carbons (Fsp3) is 0.538. The largest absolute Gasteiger partial charge is 0.378 e. The lowest BCUT2D eigenvalue weighted by atomic mass is 10.0.